The number of hydrogen-bond donors (Lipinski definition) is 2. The second kappa shape index (κ2) is 7.31. The van der Waals surface area contributed by atoms with Gasteiger partial charge in [0, 0.05) is 36.7 Å². The molecule has 1 saturated heterocycles. The van der Waals surface area contributed by atoms with E-state index in [0.717, 1.165) is 5.70 Å². The number of amides is 1. The Morgan fingerprint density at radius 1 is 1.30 bits per heavy atom. The van der Waals surface area contributed by atoms with E-state index in [4.69, 9.17) is 4.74 Å². The smallest absolute Gasteiger partial charge is 0.337 e. The summed E-state index contributed by atoms with van der Waals surface area (Å²) < 4.78 is 5.32. The predicted molar refractivity (Wildman–Crippen MR) is 109 cm³/mol. The third kappa shape index (κ3) is 3.28. The van der Waals surface area contributed by atoms with Gasteiger partial charge in [-0.2, -0.15) is 0 Å². The summed E-state index contributed by atoms with van der Waals surface area (Å²) in [6.45, 7) is 6.84. The number of carbonyl (C=O) groups excluding carboxylic acids is 3. The summed E-state index contributed by atoms with van der Waals surface area (Å²) in [5.74, 6) is -1.74. The van der Waals surface area contributed by atoms with Crippen LogP contribution < -0.4 is 5.32 Å². The topological polar surface area (TPSA) is 95.9 Å². The van der Waals surface area contributed by atoms with E-state index < -0.39 is 11.9 Å². The van der Waals surface area contributed by atoms with Crippen LogP contribution in [-0.4, -0.2) is 47.4 Å². The molecular formula is C23H26N2O5. The number of Topliss-reactive ketones (excluding diaryl/α,β-unsaturated/α-hetero) is 1. The van der Waals surface area contributed by atoms with Crippen molar-refractivity contribution in [3.63, 3.8) is 0 Å². The zero-order valence-corrected chi connectivity index (χ0v) is 17.4. The van der Waals surface area contributed by atoms with Crippen LogP contribution in [-0.2, 0) is 19.1 Å². The van der Waals surface area contributed by atoms with Crippen molar-refractivity contribution in [3.8, 4) is 5.75 Å². The molecule has 0 aromatic heterocycles. The molecule has 7 heteroatoms. The van der Waals surface area contributed by atoms with Crippen LogP contribution in [0.2, 0.25) is 0 Å². The highest BCUT2D eigenvalue weighted by molar-refractivity contribution is 6.09. The summed E-state index contributed by atoms with van der Waals surface area (Å²) in [5.41, 5.74) is 2.07. The average Bonchev–Trinajstić information content (AvgIpc) is 2.66. The first kappa shape index (κ1) is 20.2. The number of allylic oxidation sites excluding steroid dienone is 2. The van der Waals surface area contributed by atoms with Gasteiger partial charge in [-0.1, -0.05) is 26.0 Å². The molecule has 0 spiro atoms. The normalized spacial score (nSPS) is 23.0. The van der Waals surface area contributed by atoms with Gasteiger partial charge in [-0.15, -0.1) is 0 Å². The van der Waals surface area contributed by atoms with Crippen molar-refractivity contribution in [1.29, 1.82) is 0 Å². The first-order valence-electron chi connectivity index (χ1n) is 10.3. The van der Waals surface area contributed by atoms with Gasteiger partial charge in [0.2, 0.25) is 0 Å². The summed E-state index contributed by atoms with van der Waals surface area (Å²) >= 11 is 0. The number of fused-ring (bicyclic) bond motifs is 2. The Balaban J connectivity index is 2.01. The second-order valence-corrected chi connectivity index (χ2v) is 8.72. The molecule has 0 saturated carbocycles. The molecule has 1 fully saturated rings. The van der Waals surface area contributed by atoms with E-state index in [-0.39, 0.29) is 40.7 Å². The fraction of sp³-hybridized carbons (Fsp3) is 0.435. The lowest BCUT2D eigenvalue weighted by Crippen LogP contribution is -2.51. The molecular weight excluding hydrogens is 384 g/mol. The number of nitrogens with zero attached hydrogens (tertiary/aromatic N) is 1. The molecule has 30 heavy (non-hydrogen) atoms. The van der Waals surface area contributed by atoms with Gasteiger partial charge in [0.05, 0.1) is 12.2 Å². The number of phenols is 1. The fourth-order valence-corrected chi connectivity index (χ4v) is 4.75. The van der Waals surface area contributed by atoms with E-state index in [0.29, 0.717) is 37.1 Å². The van der Waals surface area contributed by atoms with E-state index in [1.54, 1.807) is 25.1 Å². The molecule has 158 valence electrons. The number of benzene rings is 1. The maximum Gasteiger partial charge on any atom is 0.337 e. The van der Waals surface area contributed by atoms with Gasteiger partial charge in [0.15, 0.2) is 5.78 Å². The van der Waals surface area contributed by atoms with Gasteiger partial charge in [-0.25, -0.2) is 4.79 Å². The molecule has 1 aromatic carbocycles. The zero-order chi connectivity index (χ0) is 21.6. The quantitative estimate of drug-likeness (QED) is 0.743. The third-order valence-electron chi connectivity index (χ3n) is 5.86. The van der Waals surface area contributed by atoms with Gasteiger partial charge in [-0.3, -0.25) is 9.59 Å². The molecule has 0 radical (unpaired) electrons. The van der Waals surface area contributed by atoms with Crippen LogP contribution in [0.1, 0.15) is 45.1 Å². The van der Waals surface area contributed by atoms with Crippen molar-refractivity contribution < 1.29 is 24.2 Å². The minimum atomic E-state index is -0.759. The van der Waals surface area contributed by atoms with E-state index in [2.05, 4.69) is 5.32 Å². The SMILES string of the molecule is CCOC(=O)C1=C2C(=O)NCCN2C2=C(C(=O)CC(C)(C)C2)[C@H]1c1cccc(O)c1. The van der Waals surface area contributed by atoms with Crippen molar-refractivity contribution in [2.75, 3.05) is 19.7 Å². The first-order valence-corrected chi connectivity index (χ1v) is 10.3. The summed E-state index contributed by atoms with van der Waals surface area (Å²) in [6.07, 6.45) is 0.975. The van der Waals surface area contributed by atoms with Crippen molar-refractivity contribution >= 4 is 17.7 Å². The maximum atomic E-state index is 13.4. The highest BCUT2D eigenvalue weighted by atomic mass is 16.5. The minimum absolute atomic E-state index is 0.0296. The number of rotatable bonds is 3. The lowest BCUT2D eigenvalue weighted by atomic mass is 9.67. The standard InChI is InChI=1S/C23H26N2O5/c1-4-30-22(29)19-17(13-6-5-7-14(26)10-13)18-15(11-23(2,3)12-16(18)27)25-9-8-24-21(28)20(19)25/h5-7,10,17,26H,4,8-9,11-12H2,1-3H3,(H,24,28)/t17-/m1/s1. The summed E-state index contributed by atoms with van der Waals surface area (Å²) in [6, 6.07) is 6.50. The first-order chi connectivity index (χ1) is 14.2. The lowest BCUT2D eigenvalue weighted by molar-refractivity contribution is -0.139. The van der Waals surface area contributed by atoms with E-state index in [9.17, 15) is 19.5 Å². The summed E-state index contributed by atoms with van der Waals surface area (Å²) in [5, 5.41) is 12.9. The van der Waals surface area contributed by atoms with Crippen molar-refractivity contribution in [3.05, 3.63) is 52.4 Å². The molecule has 4 rings (SSSR count). The molecule has 7 nitrogen and oxygen atoms in total. The molecule has 0 unspecified atom stereocenters. The monoisotopic (exact) mass is 410 g/mol. The lowest BCUT2D eigenvalue weighted by Gasteiger charge is -2.46. The average molecular weight is 410 g/mol. The number of esters is 1. The molecule has 1 aromatic rings. The van der Waals surface area contributed by atoms with Gasteiger partial charge in [-0.05, 0) is 36.5 Å². The third-order valence-corrected chi connectivity index (χ3v) is 5.86. The molecule has 2 N–H and O–H groups in total. The Kier molecular flexibility index (Phi) is 4.92. The molecule has 1 atom stereocenters. The second-order valence-electron chi connectivity index (χ2n) is 8.72. The zero-order valence-electron chi connectivity index (χ0n) is 17.4. The number of aromatic hydroxyl groups is 1. The van der Waals surface area contributed by atoms with Crippen LogP contribution >= 0.6 is 0 Å². The van der Waals surface area contributed by atoms with Gasteiger partial charge in [0.1, 0.15) is 11.4 Å². The number of piperazine rings is 1. The molecule has 3 aliphatic rings. The minimum Gasteiger partial charge on any atom is -0.508 e. The Bertz CT molecular complexity index is 1000. The van der Waals surface area contributed by atoms with E-state index in [1.807, 2.05) is 18.7 Å². The van der Waals surface area contributed by atoms with E-state index >= 15 is 0 Å². The van der Waals surface area contributed by atoms with Crippen LogP contribution in [0.15, 0.2) is 46.8 Å². The van der Waals surface area contributed by atoms with Crippen molar-refractivity contribution in [2.24, 2.45) is 5.41 Å². The fourth-order valence-electron chi connectivity index (χ4n) is 4.75. The molecule has 2 heterocycles. The van der Waals surface area contributed by atoms with Crippen LogP contribution in [0.5, 0.6) is 5.75 Å². The number of phenolic OH excluding ortho intramolecular Hbond substituents is 1. The van der Waals surface area contributed by atoms with Crippen LogP contribution in [0.3, 0.4) is 0 Å². The van der Waals surface area contributed by atoms with Crippen LogP contribution in [0.25, 0.3) is 0 Å². The number of carbonyl (C=O) groups is 3. The maximum absolute atomic E-state index is 13.4. The highest BCUT2D eigenvalue weighted by Gasteiger charge is 2.48. The summed E-state index contributed by atoms with van der Waals surface area (Å²) in [7, 11) is 0. The number of hydrogen-bond acceptors (Lipinski definition) is 6. The Labute approximate surface area is 175 Å². The Morgan fingerprint density at radius 2 is 2.07 bits per heavy atom. The van der Waals surface area contributed by atoms with Gasteiger partial charge < -0.3 is 20.1 Å². The summed E-state index contributed by atoms with van der Waals surface area (Å²) in [4.78, 5) is 41.2. The van der Waals surface area contributed by atoms with Crippen LogP contribution in [0, 0.1) is 5.41 Å². The molecule has 1 aliphatic carbocycles. The number of ether oxygens (including phenoxy) is 1. The Morgan fingerprint density at radius 3 is 2.77 bits per heavy atom. The van der Waals surface area contributed by atoms with Crippen molar-refractivity contribution in [2.45, 2.75) is 39.5 Å². The van der Waals surface area contributed by atoms with Gasteiger partial charge >= 0.3 is 5.97 Å². The van der Waals surface area contributed by atoms with Gasteiger partial charge in [0.25, 0.3) is 5.91 Å². The van der Waals surface area contributed by atoms with Crippen LogP contribution in [0.4, 0.5) is 0 Å². The Hall–Kier alpha value is -3.09. The number of ketones is 1. The highest BCUT2D eigenvalue weighted by Crippen LogP contribution is 2.50. The van der Waals surface area contributed by atoms with E-state index in [1.165, 1.54) is 6.07 Å². The molecule has 1 amide bonds. The predicted octanol–water partition coefficient (Wildman–Crippen LogP) is 2.38. The largest absolute Gasteiger partial charge is 0.508 e. The molecule has 0 bridgehead atoms. The molecule has 2 aliphatic heterocycles. The number of nitrogens with one attached hydrogen (secondary N) is 1. The van der Waals surface area contributed by atoms with Crippen molar-refractivity contribution in [1.82, 2.24) is 10.2 Å².